The zero-order chi connectivity index (χ0) is 15.9. The van der Waals surface area contributed by atoms with E-state index in [4.69, 9.17) is 14.2 Å². The normalized spacial score (nSPS) is 17.0. The lowest BCUT2D eigenvalue weighted by atomic mass is 10.2. The summed E-state index contributed by atoms with van der Waals surface area (Å²) in [6.07, 6.45) is 0.442. The molecule has 7 heteroatoms. The van der Waals surface area contributed by atoms with Crippen LogP contribution in [0.3, 0.4) is 0 Å². The van der Waals surface area contributed by atoms with Gasteiger partial charge in [0.1, 0.15) is 0 Å². The van der Waals surface area contributed by atoms with Crippen LogP contribution in [0.1, 0.15) is 6.42 Å². The second-order valence-electron chi connectivity index (χ2n) is 5.55. The van der Waals surface area contributed by atoms with Gasteiger partial charge in [0.2, 0.25) is 12.7 Å². The molecule has 0 spiro atoms. The topological polar surface area (TPSA) is 72.1 Å². The number of nitrogens with zero attached hydrogens (tertiary/aromatic N) is 1. The van der Waals surface area contributed by atoms with Crippen molar-refractivity contribution >= 4 is 11.6 Å². The molecule has 3 rings (SSSR count). The van der Waals surface area contributed by atoms with Crippen molar-refractivity contribution < 1.29 is 19.0 Å². The molecule has 1 amide bonds. The Labute approximate surface area is 135 Å². The monoisotopic (exact) mass is 321 g/mol. The van der Waals surface area contributed by atoms with Crippen LogP contribution in [-0.4, -0.2) is 63.5 Å². The highest BCUT2D eigenvalue weighted by atomic mass is 16.7. The highest BCUT2D eigenvalue weighted by Crippen LogP contribution is 2.34. The minimum Gasteiger partial charge on any atom is -0.454 e. The summed E-state index contributed by atoms with van der Waals surface area (Å²) in [6.45, 7) is 5.88. The zero-order valence-electron chi connectivity index (χ0n) is 13.2. The maximum Gasteiger partial charge on any atom is 0.231 e. The van der Waals surface area contributed by atoms with Gasteiger partial charge in [0.05, 0.1) is 13.2 Å². The third-order valence-corrected chi connectivity index (χ3v) is 3.91. The molecule has 0 saturated carbocycles. The van der Waals surface area contributed by atoms with E-state index in [0.29, 0.717) is 19.5 Å². The molecule has 0 unspecified atom stereocenters. The summed E-state index contributed by atoms with van der Waals surface area (Å²) in [5, 5.41) is 6.17. The van der Waals surface area contributed by atoms with Crippen molar-refractivity contribution in [2.75, 3.05) is 58.0 Å². The Morgan fingerprint density at radius 2 is 1.96 bits per heavy atom. The first-order valence-corrected chi connectivity index (χ1v) is 8.01. The van der Waals surface area contributed by atoms with E-state index in [9.17, 15) is 4.79 Å². The second kappa shape index (κ2) is 8.03. The van der Waals surface area contributed by atoms with Gasteiger partial charge >= 0.3 is 0 Å². The largest absolute Gasteiger partial charge is 0.454 e. The van der Waals surface area contributed by atoms with Crippen LogP contribution in [0.25, 0.3) is 0 Å². The summed E-state index contributed by atoms with van der Waals surface area (Å²) in [4.78, 5) is 14.1. The molecule has 23 heavy (non-hydrogen) atoms. The summed E-state index contributed by atoms with van der Waals surface area (Å²) >= 11 is 0. The fourth-order valence-corrected chi connectivity index (χ4v) is 2.59. The highest BCUT2D eigenvalue weighted by Gasteiger charge is 2.13. The van der Waals surface area contributed by atoms with E-state index in [-0.39, 0.29) is 12.7 Å². The molecule has 0 radical (unpaired) electrons. The zero-order valence-corrected chi connectivity index (χ0v) is 13.2. The van der Waals surface area contributed by atoms with Crippen molar-refractivity contribution in [3.8, 4) is 11.5 Å². The lowest BCUT2D eigenvalue weighted by molar-refractivity contribution is -0.120. The fraction of sp³-hybridized carbons (Fsp3) is 0.562. The molecule has 1 aromatic rings. The molecule has 0 aliphatic carbocycles. The van der Waals surface area contributed by atoms with Crippen LogP contribution in [0.2, 0.25) is 0 Å². The molecule has 126 valence electrons. The van der Waals surface area contributed by atoms with E-state index < -0.39 is 0 Å². The van der Waals surface area contributed by atoms with Crippen LogP contribution in [0.15, 0.2) is 18.2 Å². The standard InChI is InChI=1S/C16H23N3O4/c20-16(18-5-6-19-7-9-21-10-8-19)3-4-17-13-1-2-14-15(11-13)23-12-22-14/h1-2,11,17H,3-10,12H2,(H,18,20). The number of rotatable bonds is 7. The van der Waals surface area contributed by atoms with Crippen LogP contribution in [-0.2, 0) is 9.53 Å². The first-order chi connectivity index (χ1) is 11.3. The molecule has 2 heterocycles. The van der Waals surface area contributed by atoms with Crippen molar-refractivity contribution in [3.63, 3.8) is 0 Å². The number of morpholine rings is 1. The lowest BCUT2D eigenvalue weighted by Crippen LogP contribution is -2.41. The SMILES string of the molecule is O=C(CCNc1ccc2c(c1)OCO2)NCCN1CCOCC1. The number of ether oxygens (including phenoxy) is 3. The number of hydrogen-bond acceptors (Lipinski definition) is 6. The minimum atomic E-state index is 0.0616. The summed E-state index contributed by atoms with van der Waals surface area (Å²) in [7, 11) is 0. The highest BCUT2D eigenvalue weighted by molar-refractivity contribution is 5.76. The van der Waals surface area contributed by atoms with E-state index in [1.165, 1.54) is 0 Å². The van der Waals surface area contributed by atoms with Gasteiger partial charge in [-0.2, -0.15) is 0 Å². The first-order valence-electron chi connectivity index (χ1n) is 8.01. The molecule has 2 N–H and O–H groups in total. The summed E-state index contributed by atoms with van der Waals surface area (Å²) in [5.41, 5.74) is 0.926. The summed E-state index contributed by atoms with van der Waals surface area (Å²) < 4.78 is 15.9. The fourth-order valence-electron chi connectivity index (χ4n) is 2.59. The smallest absolute Gasteiger partial charge is 0.231 e. The van der Waals surface area contributed by atoms with Crippen LogP contribution in [0.4, 0.5) is 5.69 Å². The number of fused-ring (bicyclic) bond motifs is 1. The average molecular weight is 321 g/mol. The number of benzene rings is 1. The van der Waals surface area contributed by atoms with Gasteiger partial charge in [0.25, 0.3) is 0 Å². The third-order valence-electron chi connectivity index (χ3n) is 3.91. The van der Waals surface area contributed by atoms with E-state index >= 15 is 0 Å². The Balaban J connectivity index is 1.30. The summed E-state index contributed by atoms with van der Waals surface area (Å²) in [5.74, 6) is 1.56. The molecule has 2 aliphatic heterocycles. The number of amides is 1. The molecule has 1 aromatic carbocycles. The molecule has 2 aliphatic rings. The van der Waals surface area contributed by atoms with E-state index in [0.717, 1.165) is 50.0 Å². The number of carbonyl (C=O) groups excluding carboxylic acids is 1. The average Bonchev–Trinajstić information content (AvgIpc) is 3.03. The molecule has 0 bridgehead atoms. The van der Waals surface area contributed by atoms with Gasteiger partial charge in [0, 0.05) is 50.9 Å². The van der Waals surface area contributed by atoms with E-state index in [2.05, 4.69) is 15.5 Å². The number of nitrogens with one attached hydrogen (secondary N) is 2. The van der Waals surface area contributed by atoms with Crippen molar-refractivity contribution in [3.05, 3.63) is 18.2 Å². The van der Waals surface area contributed by atoms with Crippen molar-refractivity contribution in [1.29, 1.82) is 0 Å². The maximum absolute atomic E-state index is 11.8. The van der Waals surface area contributed by atoms with Crippen molar-refractivity contribution in [2.24, 2.45) is 0 Å². The van der Waals surface area contributed by atoms with Gasteiger partial charge in [-0.1, -0.05) is 0 Å². The predicted molar refractivity (Wildman–Crippen MR) is 85.9 cm³/mol. The number of anilines is 1. The van der Waals surface area contributed by atoms with Crippen LogP contribution < -0.4 is 20.1 Å². The molecular weight excluding hydrogens is 298 g/mol. The van der Waals surface area contributed by atoms with E-state index in [1.807, 2.05) is 18.2 Å². The Morgan fingerprint density at radius 1 is 1.13 bits per heavy atom. The van der Waals surface area contributed by atoms with Gasteiger partial charge in [-0.05, 0) is 12.1 Å². The molecule has 1 saturated heterocycles. The molecule has 0 atom stereocenters. The minimum absolute atomic E-state index is 0.0616. The molecule has 0 aromatic heterocycles. The van der Waals surface area contributed by atoms with Gasteiger partial charge < -0.3 is 24.8 Å². The van der Waals surface area contributed by atoms with Gasteiger partial charge in [-0.3, -0.25) is 9.69 Å². The van der Waals surface area contributed by atoms with Gasteiger partial charge in [-0.25, -0.2) is 0 Å². The molecule has 7 nitrogen and oxygen atoms in total. The van der Waals surface area contributed by atoms with Crippen LogP contribution >= 0.6 is 0 Å². The first kappa shape index (κ1) is 15.9. The van der Waals surface area contributed by atoms with Gasteiger partial charge in [0.15, 0.2) is 11.5 Å². The van der Waals surface area contributed by atoms with Crippen LogP contribution in [0.5, 0.6) is 11.5 Å². The van der Waals surface area contributed by atoms with Crippen molar-refractivity contribution in [2.45, 2.75) is 6.42 Å². The Kier molecular flexibility index (Phi) is 5.55. The van der Waals surface area contributed by atoms with E-state index in [1.54, 1.807) is 0 Å². The predicted octanol–water partition coefficient (Wildman–Crippen LogP) is 0.666. The Morgan fingerprint density at radius 3 is 2.83 bits per heavy atom. The molecular formula is C16H23N3O4. The Bertz CT molecular complexity index is 532. The quantitative estimate of drug-likeness (QED) is 0.769. The van der Waals surface area contributed by atoms with Gasteiger partial charge in [-0.15, -0.1) is 0 Å². The number of hydrogen-bond donors (Lipinski definition) is 2. The second-order valence-corrected chi connectivity index (χ2v) is 5.55. The third kappa shape index (κ3) is 4.74. The van der Waals surface area contributed by atoms with Crippen molar-refractivity contribution in [1.82, 2.24) is 10.2 Å². The summed E-state index contributed by atoms with van der Waals surface area (Å²) in [6, 6.07) is 5.68. The maximum atomic E-state index is 11.8. The van der Waals surface area contributed by atoms with Crippen LogP contribution in [0, 0.1) is 0 Å². The lowest BCUT2D eigenvalue weighted by Gasteiger charge is -2.26. The molecule has 1 fully saturated rings. The Hall–Kier alpha value is -1.99. The number of carbonyl (C=O) groups is 1.